The van der Waals surface area contributed by atoms with Gasteiger partial charge in [-0.2, -0.15) is 13.2 Å². The first kappa shape index (κ1) is 13.1. The Morgan fingerprint density at radius 2 is 1.75 bits per heavy atom. The van der Waals surface area contributed by atoms with Crippen LogP contribution in [-0.2, 0) is 0 Å². The number of carbonyl (C=O) groups is 1. The fourth-order valence-corrected chi connectivity index (χ4v) is 1.85. The molecule has 1 aromatic carbocycles. The number of halogens is 3. The van der Waals surface area contributed by atoms with Gasteiger partial charge in [-0.05, 0) is 25.6 Å². The summed E-state index contributed by atoms with van der Waals surface area (Å²) in [5.41, 5.74) is -3.10. The van der Waals surface area contributed by atoms with Crippen molar-refractivity contribution >= 4 is 17.5 Å². The van der Waals surface area contributed by atoms with E-state index in [0.717, 1.165) is 5.56 Å². The fraction of sp³-hybridized carbons (Fsp3) is 0.364. The Balaban J connectivity index is 2.74. The lowest BCUT2D eigenvalue weighted by molar-refractivity contribution is -0.0332. The van der Waals surface area contributed by atoms with Crippen LogP contribution < -0.4 is 0 Å². The number of benzene rings is 1. The van der Waals surface area contributed by atoms with Gasteiger partial charge in [-0.15, -0.1) is 0 Å². The van der Waals surface area contributed by atoms with E-state index in [1.54, 1.807) is 24.3 Å². The summed E-state index contributed by atoms with van der Waals surface area (Å²) in [4.78, 5) is 11.6. The Morgan fingerprint density at radius 3 is 2.19 bits per heavy atom. The third kappa shape index (κ3) is 3.89. The lowest BCUT2D eigenvalue weighted by Gasteiger charge is -2.12. The van der Waals surface area contributed by atoms with Gasteiger partial charge in [0.15, 0.2) is 5.78 Å². The van der Waals surface area contributed by atoms with Crippen molar-refractivity contribution in [2.24, 2.45) is 0 Å². The number of ketones is 1. The van der Waals surface area contributed by atoms with Crippen molar-refractivity contribution in [1.82, 2.24) is 0 Å². The smallest absolute Gasteiger partial charge is 0.293 e. The summed E-state index contributed by atoms with van der Waals surface area (Å²) in [6.45, 7) is 3.11. The van der Waals surface area contributed by atoms with Gasteiger partial charge in [0, 0.05) is 5.56 Å². The van der Waals surface area contributed by atoms with Crippen LogP contribution in [0.3, 0.4) is 0 Å². The standard InChI is InChI=1S/C11H11F3OS/c1-7-3-5-9(6-4-7)10(15)8(2)16-11(12,13)14/h3-6,8H,1-2H3. The van der Waals surface area contributed by atoms with Gasteiger partial charge in [-0.1, -0.05) is 29.8 Å². The van der Waals surface area contributed by atoms with Crippen LogP contribution >= 0.6 is 11.8 Å². The highest BCUT2D eigenvalue weighted by Gasteiger charge is 2.34. The number of alkyl halides is 3. The van der Waals surface area contributed by atoms with E-state index in [1.807, 2.05) is 6.92 Å². The predicted octanol–water partition coefficient (Wildman–Crippen LogP) is 3.82. The number of rotatable bonds is 3. The van der Waals surface area contributed by atoms with E-state index in [9.17, 15) is 18.0 Å². The summed E-state index contributed by atoms with van der Waals surface area (Å²) in [5, 5.41) is -1.11. The fourth-order valence-electron chi connectivity index (χ4n) is 1.21. The topological polar surface area (TPSA) is 17.1 Å². The molecule has 0 N–H and O–H groups in total. The molecule has 1 unspecified atom stereocenters. The molecular weight excluding hydrogens is 237 g/mol. The van der Waals surface area contributed by atoms with Gasteiger partial charge in [-0.3, -0.25) is 4.79 Å². The normalized spacial score (nSPS) is 13.6. The minimum absolute atomic E-state index is 0.286. The second-order valence-electron chi connectivity index (χ2n) is 3.44. The van der Waals surface area contributed by atoms with Crippen molar-refractivity contribution in [3.63, 3.8) is 0 Å². The summed E-state index contributed by atoms with van der Waals surface area (Å²) in [7, 11) is 0. The molecule has 0 aliphatic rings. The van der Waals surface area contributed by atoms with E-state index < -0.39 is 16.5 Å². The third-order valence-corrected chi connectivity index (χ3v) is 2.85. The average Bonchev–Trinajstić information content (AvgIpc) is 2.15. The molecule has 0 saturated carbocycles. The van der Waals surface area contributed by atoms with Gasteiger partial charge in [0.25, 0.3) is 0 Å². The largest absolute Gasteiger partial charge is 0.442 e. The second kappa shape index (κ2) is 4.91. The highest BCUT2D eigenvalue weighted by Crippen LogP contribution is 2.34. The number of thioether (sulfide) groups is 1. The molecule has 1 aromatic rings. The SMILES string of the molecule is Cc1ccc(C(=O)C(C)SC(F)(F)F)cc1. The molecule has 0 saturated heterocycles. The van der Waals surface area contributed by atoms with Crippen molar-refractivity contribution in [2.75, 3.05) is 0 Å². The summed E-state index contributed by atoms with van der Waals surface area (Å²) < 4.78 is 36.2. The zero-order valence-corrected chi connectivity index (χ0v) is 9.65. The molecule has 0 aromatic heterocycles. The van der Waals surface area contributed by atoms with Crippen molar-refractivity contribution in [3.05, 3.63) is 35.4 Å². The minimum Gasteiger partial charge on any atom is -0.293 e. The van der Waals surface area contributed by atoms with Crippen LogP contribution in [0.1, 0.15) is 22.8 Å². The summed E-state index contributed by atoms with van der Waals surface area (Å²) in [6.07, 6.45) is 0. The predicted molar refractivity (Wildman–Crippen MR) is 58.6 cm³/mol. The van der Waals surface area contributed by atoms with E-state index in [0.29, 0.717) is 5.56 Å². The zero-order chi connectivity index (χ0) is 12.3. The molecule has 0 aliphatic heterocycles. The first-order valence-corrected chi connectivity index (χ1v) is 5.53. The first-order valence-electron chi connectivity index (χ1n) is 4.65. The van der Waals surface area contributed by atoms with E-state index in [2.05, 4.69) is 0 Å². The van der Waals surface area contributed by atoms with Crippen LogP contribution in [-0.4, -0.2) is 16.5 Å². The van der Waals surface area contributed by atoms with Gasteiger partial charge < -0.3 is 0 Å². The van der Waals surface area contributed by atoms with Crippen molar-refractivity contribution in [3.8, 4) is 0 Å². The number of hydrogen-bond donors (Lipinski definition) is 0. The van der Waals surface area contributed by atoms with Crippen LogP contribution in [0, 0.1) is 6.92 Å². The summed E-state index contributed by atoms with van der Waals surface area (Å²) in [5.74, 6) is -0.498. The van der Waals surface area contributed by atoms with Gasteiger partial charge in [-0.25, -0.2) is 0 Å². The Labute approximate surface area is 96.0 Å². The number of hydrogen-bond acceptors (Lipinski definition) is 2. The van der Waals surface area contributed by atoms with Crippen LogP contribution in [0.15, 0.2) is 24.3 Å². The van der Waals surface area contributed by atoms with Gasteiger partial charge >= 0.3 is 5.51 Å². The second-order valence-corrected chi connectivity index (χ2v) is 4.84. The van der Waals surface area contributed by atoms with Crippen LogP contribution in [0.25, 0.3) is 0 Å². The Bertz CT molecular complexity index is 370. The van der Waals surface area contributed by atoms with Gasteiger partial charge in [0.2, 0.25) is 0 Å². The minimum atomic E-state index is -4.38. The molecular formula is C11H11F3OS. The molecule has 0 bridgehead atoms. The maximum absolute atomic E-state index is 12.1. The number of carbonyl (C=O) groups excluding carboxylic acids is 1. The van der Waals surface area contributed by atoms with Crippen LogP contribution in [0.2, 0.25) is 0 Å². The molecule has 0 amide bonds. The van der Waals surface area contributed by atoms with Gasteiger partial charge in [0.1, 0.15) is 0 Å². The van der Waals surface area contributed by atoms with Crippen molar-refractivity contribution < 1.29 is 18.0 Å². The van der Waals surface area contributed by atoms with Gasteiger partial charge in [0.05, 0.1) is 5.25 Å². The molecule has 0 spiro atoms. The lowest BCUT2D eigenvalue weighted by atomic mass is 10.1. The molecule has 5 heteroatoms. The average molecular weight is 248 g/mol. The van der Waals surface area contributed by atoms with Crippen LogP contribution in [0.5, 0.6) is 0 Å². The summed E-state index contributed by atoms with van der Waals surface area (Å²) in [6, 6.07) is 6.51. The lowest BCUT2D eigenvalue weighted by Crippen LogP contribution is -2.18. The quantitative estimate of drug-likeness (QED) is 0.756. The molecule has 1 atom stereocenters. The van der Waals surface area contributed by atoms with Crippen molar-refractivity contribution in [1.29, 1.82) is 0 Å². The van der Waals surface area contributed by atoms with E-state index >= 15 is 0 Å². The summed E-state index contributed by atoms with van der Waals surface area (Å²) >= 11 is -0.286. The monoisotopic (exact) mass is 248 g/mol. The van der Waals surface area contributed by atoms with Crippen molar-refractivity contribution in [2.45, 2.75) is 24.6 Å². The molecule has 0 radical (unpaired) electrons. The Hall–Kier alpha value is -0.970. The maximum Gasteiger partial charge on any atom is 0.442 e. The van der Waals surface area contributed by atoms with Crippen LogP contribution in [0.4, 0.5) is 13.2 Å². The molecule has 1 rings (SSSR count). The van der Waals surface area contributed by atoms with E-state index in [1.165, 1.54) is 6.92 Å². The molecule has 0 fully saturated rings. The molecule has 16 heavy (non-hydrogen) atoms. The van der Waals surface area contributed by atoms with E-state index in [4.69, 9.17) is 0 Å². The number of Topliss-reactive ketones (excluding diaryl/α,β-unsaturated/α-hetero) is 1. The molecule has 88 valence electrons. The zero-order valence-electron chi connectivity index (χ0n) is 8.84. The molecule has 1 nitrogen and oxygen atoms in total. The Morgan fingerprint density at radius 1 is 1.25 bits per heavy atom. The third-order valence-electron chi connectivity index (χ3n) is 2.02. The molecule has 0 aliphatic carbocycles. The van der Waals surface area contributed by atoms with E-state index in [-0.39, 0.29) is 11.8 Å². The highest BCUT2D eigenvalue weighted by molar-refractivity contribution is 8.01. The number of aryl methyl sites for hydroxylation is 1. The Kier molecular flexibility index (Phi) is 4.02. The highest BCUT2D eigenvalue weighted by atomic mass is 32.2. The molecule has 0 heterocycles. The first-order chi connectivity index (χ1) is 7.29. The maximum atomic E-state index is 12.1.